The molecule has 21 heavy (non-hydrogen) atoms. The zero-order valence-electron chi connectivity index (χ0n) is 10.7. The van der Waals surface area contributed by atoms with E-state index >= 15 is 0 Å². The third-order valence-corrected chi connectivity index (χ3v) is 3.72. The van der Waals surface area contributed by atoms with Crippen molar-refractivity contribution >= 4 is 45.0 Å². The second-order valence-corrected chi connectivity index (χ2v) is 5.38. The van der Waals surface area contributed by atoms with Gasteiger partial charge in [-0.3, -0.25) is 4.79 Å². The van der Waals surface area contributed by atoms with Crippen LogP contribution in [-0.4, -0.2) is 17.0 Å². The number of carbonyl (C=O) groups excluding carboxylic acids is 1. The van der Waals surface area contributed by atoms with Gasteiger partial charge < -0.3 is 16.3 Å². The number of anilines is 1. The molecule has 0 atom stereocenters. The Labute approximate surface area is 134 Å². The number of rotatable bonds is 3. The first-order valence-electron chi connectivity index (χ1n) is 5.86. The Bertz CT molecular complexity index is 719. The van der Waals surface area contributed by atoms with E-state index in [1.54, 1.807) is 42.5 Å². The van der Waals surface area contributed by atoms with Gasteiger partial charge in [0.2, 0.25) is 0 Å². The monoisotopic (exact) mass is 367 g/mol. The van der Waals surface area contributed by atoms with E-state index in [-0.39, 0.29) is 11.7 Å². The lowest BCUT2D eigenvalue weighted by molar-refractivity contribution is 0.102. The molecule has 0 aliphatic carbocycles. The molecule has 2 aromatic rings. The topological polar surface area (TPSA) is 87.7 Å². The fourth-order valence-corrected chi connectivity index (χ4v) is 2.37. The number of nitrogens with one attached hydrogen (secondary N) is 1. The van der Waals surface area contributed by atoms with Crippen molar-refractivity contribution in [3.63, 3.8) is 0 Å². The van der Waals surface area contributed by atoms with E-state index in [0.717, 1.165) is 0 Å². The van der Waals surface area contributed by atoms with E-state index in [0.29, 0.717) is 26.3 Å². The van der Waals surface area contributed by atoms with Crippen LogP contribution in [0.3, 0.4) is 0 Å². The van der Waals surface area contributed by atoms with E-state index in [1.165, 1.54) is 0 Å². The quantitative estimate of drug-likeness (QED) is 0.335. The van der Waals surface area contributed by atoms with Gasteiger partial charge in [0.15, 0.2) is 5.84 Å². The fraction of sp³-hybridized carbons (Fsp3) is 0. The van der Waals surface area contributed by atoms with E-state index < -0.39 is 0 Å². The van der Waals surface area contributed by atoms with Crippen molar-refractivity contribution in [3.05, 3.63) is 63.1 Å². The molecule has 1 amide bonds. The Balaban J connectivity index is 2.25. The Morgan fingerprint density at radius 1 is 1.29 bits per heavy atom. The van der Waals surface area contributed by atoms with Crippen molar-refractivity contribution in [2.24, 2.45) is 10.9 Å². The molecule has 2 aromatic carbocycles. The summed E-state index contributed by atoms with van der Waals surface area (Å²) in [6, 6.07) is 11.7. The van der Waals surface area contributed by atoms with E-state index in [9.17, 15) is 4.79 Å². The van der Waals surface area contributed by atoms with Gasteiger partial charge in [-0.1, -0.05) is 28.9 Å². The average Bonchev–Trinajstić information content (AvgIpc) is 2.48. The first-order chi connectivity index (χ1) is 10.0. The third kappa shape index (κ3) is 3.53. The second-order valence-electron chi connectivity index (χ2n) is 4.11. The van der Waals surface area contributed by atoms with E-state index in [1.807, 2.05) is 0 Å². The van der Waals surface area contributed by atoms with Crippen LogP contribution in [0.2, 0.25) is 5.02 Å². The molecular formula is C14H11BrClN3O2. The van der Waals surface area contributed by atoms with Crippen LogP contribution in [-0.2, 0) is 0 Å². The van der Waals surface area contributed by atoms with Gasteiger partial charge in [0.05, 0.1) is 16.3 Å². The molecule has 2 rings (SSSR count). The van der Waals surface area contributed by atoms with Gasteiger partial charge >= 0.3 is 0 Å². The Morgan fingerprint density at radius 2 is 2.00 bits per heavy atom. The molecular weight excluding hydrogens is 358 g/mol. The predicted octanol–water partition coefficient (Wildman–Crippen LogP) is 3.45. The smallest absolute Gasteiger partial charge is 0.257 e. The predicted molar refractivity (Wildman–Crippen MR) is 86.1 cm³/mol. The zero-order chi connectivity index (χ0) is 15.4. The third-order valence-electron chi connectivity index (χ3n) is 2.74. The molecule has 0 heterocycles. The standard InChI is InChI=1S/C14H11BrClN3O2/c15-10-7-8(13(17)19-21)5-6-12(10)18-14(20)9-3-1-2-4-11(9)16/h1-7,21H,(H2,17,19)(H,18,20). The van der Waals surface area contributed by atoms with Crippen molar-refractivity contribution in [1.29, 1.82) is 0 Å². The number of hydrogen-bond donors (Lipinski definition) is 3. The Kier molecular flexibility index (Phi) is 4.82. The highest BCUT2D eigenvalue weighted by Crippen LogP contribution is 2.25. The Morgan fingerprint density at radius 3 is 2.62 bits per heavy atom. The molecule has 108 valence electrons. The highest BCUT2D eigenvalue weighted by atomic mass is 79.9. The molecule has 0 saturated carbocycles. The summed E-state index contributed by atoms with van der Waals surface area (Å²) < 4.78 is 0.604. The summed E-state index contributed by atoms with van der Waals surface area (Å²) in [5.74, 6) is -0.336. The molecule has 0 aromatic heterocycles. The summed E-state index contributed by atoms with van der Waals surface area (Å²) in [7, 11) is 0. The lowest BCUT2D eigenvalue weighted by Gasteiger charge is -2.09. The average molecular weight is 369 g/mol. The van der Waals surface area contributed by atoms with Crippen LogP contribution in [0.15, 0.2) is 52.1 Å². The number of carbonyl (C=O) groups is 1. The lowest BCUT2D eigenvalue weighted by atomic mass is 10.1. The summed E-state index contributed by atoms with van der Waals surface area (Å²) >= 11 is 9.30. The minimum absolute atomic E-state index is 0.0142. The fourth-order valence-electron chi connectivity index (χ4n) is 1.67. The Hall–Kier alpha value is -2.05. The molecule has 0 spiro atoms. The summed E-state index contributed by atoms with van der Waals surface area (Å²) in [5.41, 5.74) is 6.96. The zero-order valence-corrected chi connectivity index (χ0v) is 13.0. The number of benzene rings is 2. The maximum atomic E-state index is 12.2. The highest BCUT2D eigenvalue weighted by molar-refractivity contribution is 9.10. The SMILES string of the molecule is N/C(=N/O)c1ccc(NC(=O)c2ccccc2Cl)c(Br)c1. The first-order valence-corrected chi connectivity index (χ1v) is 7.03. The molecule has 0 saturated heterocycles. The molecule has 7 heteroatoms. The first kappa shape index (κ1) is 15.3. The number of halogens is 2. The second kappa shape index (κ2) is 6.60. The van der Waals surface area contributed by atoms with Crippen molar-refractivity contribution in [3.8, 4) is 0 Å². The van der Waals surface area contributed by atoms with Gasteiger partial charge in [-0.25, -0.2) is 0 Å². The number of oxime groups is 1. The van der Waals surface area contributed by atoms with Crippen molar-refractivity contribution in [2.45, 2.75) is 0 Å². The van der Waals surface area contributed by atoms with E-state index in [4.69, 9.17) is 22.5 Å². The normalized spacial score (nSPS) is 11.2. The number of nitrogens with zero attached hydrogens (tertiary/aromatic N) is 1. The summed E-state index contributed by atoms with van der Waals surface area (Å²) in [6.07, 6.45) is 0. The number of nitrogens with two attached hydrogens (primary N) is 1. The molecule has 0 bridgehead atoms. The van der Waals surface area contributed by atoms with Gasteiger partial charge in [0.25, 0.3) is 5.91 Å². The highest BCUT2D eigenvalue weighted by Gasteiger charge is 2.12. The van der Waals surface area contributed by atoms with E-state index in [2.05, 4.69) is 26.4 Å². The number of hydrogen-bond acceptors (Lipinski definition) is 3. The van der Waals surface area contributed by atoms with Gasteiger partial charge in [-0.05, 0) is 46.3 Å². The summed E-state index contributed by atoms with van der Waals surface area (Å²) in [4.78, 5) is 12.2. The molecule has 0 aliphatic heterocycles. The largest absolute Gasteiger partial charge is 0.409 e. The van der Waals surface area contributed by atoms with Crippen molar-refractivity contribution in [2.75, 3.05) is 5.32 Å². The van der Waals surface area contributed by atoms with Crippen LogP contribution < -0.4 is 11.1 Å². The van der Waals surface area contributed by atoms with Crippen LogP contribution in [0.4, 0.5) is 5.69 Å². The minimum Gasteiger partial charge on any atom is -0.409 e. The molecule has 0 unspecified atom stereocenters. The van der Waals surface area contributed by atoms with Crippen LogP contribution in [0.1, 0.15) is 15.9 Å². The molecule has 0 aliphatic rings. The minimum atomic E-state index is -0.321. The van der Waals surface area contributed by atoms with Gasteiger partial charge in [0, 0.05) is 10.0 Å². The molecule has 0 radical (unpaired) electrons. The lowest BCUT2D eigenvalue weighted by Crippen LogP contribution is -2.15. The van der Waals surface area contributed by atoms with Crippen LogP contribution >= 0.6 is 27.5 Å². The molecule has 5 nitrogen and oxygen atoms in total. The molecule has 4 N–H and O–H groups in total. The molecule has 0 fully saturated rings. The van der Waals surface area contributed by atoms with Crippen LogP contribution in [0.25, 0.3) is 0 Å². The summed E-state index contributed by atoms with van der Waals surface area (Å²) in [5, 5.41) is 14.7. The van der Waals surface area contributed by atoms with Gasteiger partial charge in [-0.15, -0.1) is 0 Å². The van der Waals surface area contributed by atoms with Crippen LogP contribution in [0.5, 0.6) is 0 Å². The number of amides is 1. The summed E-state index contributed by atoms with van der Waals surface area (Å²) in [6.45, 7) is 0. The van der Waals surface area contributed by atoms with Crippen LogP contribution in [0, 0.1) is 0 Å². The van der Waals surface area contributed by atoms with Crippen molar-refractivity contribution < 1.29 is 10.0 Å². The van der Waals surface area contributed by atoms with Gasteiger partial charge in [-0.2, -0.15) is 0 Å². The van der Waals surface area contributed by atoms with Gasteiger partial charge in [0.1, 0.15) is 0 Å². The van der Waals surface area contributed by atoms with Crippen molar-refractivity contribution in [1.82, 2.24) is 0 Å². The maximum absolute atomic E-state index is 12.2. The maximum Gasteiger partial charge on any atom is 0.257 e. The number of amidine groups is 1.